The van der Waals surface area contributed by atoms with Gasteiger partial charge in [-0.2, -0.15) is 0 Å². The number of hydrogen-bond acceptors (Lipinski definition) is 5. The highest BCUT2D eigenvalue weighted by atomic mass is 32.1. The molecule has 1 aromatic heterocycles. The first-order valence-electron chi connectivity index (χ1n) is 6.78. The Labute approximate surface area is 118 Å². The van der Waals surface area contributed by atoms with Gasteiger partial charge in [-0.15, -0.1) is 11.3 Å². The van der Waals surface area contributed by atoms with Gasteiger partial charge in [0.05, 0.1) is 16.7 Å². The molecule has 0 saturated carbocycles. The van der Waals surface area contributed by atoms with Gasteiger partial charge in [-0.05, 0) is 13.3 Å². The fraction of sp³-hybridized carbons (Fsp3) is 0.692. The predicted molar refractivity (Wildman–Crippen MR) is 77.0 cm³/mol. The van der Waals surface area contributed by atoms with E-state index in [-0.39, 0.29) is 11.9 Å². The van der Waals surface area contributed by atoms with Crippen LogP contribution in [0.3, 0.4) is 0 Å². The fourth-order valence-corrected chi connectivity index (χ4v) is 2.85. The number of rotatable bonds is 4. The number of nitrogens with zero attached hydrogens (tertiary/aromatic N) is 3. The van der Waals surface area contributed by atoms with Crippen LogP contribution < -0.4 is 5.73 Å². The molecule has 1 atom stereocenters. The number of thiazole rings is 1. The molecule has 0 radical (unpaired) electrons. The number of carbonyl (C=O) groups excluding carboxylic acids is 1. The molecule has 0 aliphatic carbocycles. The summed E-state index contributed by atoms with van der Waals surface area (Å²) in [6, 6.07) is -0.340. The SMILES string of the molecule is CCC(N)C(=O)N1CCN(Cc2csc(C)n2)CC1. The number of hydrogen-bond donors (Lipinski definition) is 1. The molecule has 1 aromatic rings. The Morgan fingerprint density at radius 2 is 2.16 bits per heavy atom. The Morgan fingerprint density at radius 1 is 1.47 bits per heavy atom. The van der Waals surface area contributed by atoms with Gasteiger partial charge in [0.1, 0.15) is 0 Å². The van der Waals surface area contributed by atoms with E-state index < -0.39 is 0 Å². The van der Waals surface area contributed by atoms with Crippen molar-refractivity contribution >= 4 is 17.2 Å². The van der Waals surface area contributed by atoms with Gasteiger partial charge in [-0.25, -0.2) is 4.98 Å². The van der Waals surface area contributed by atoms with Crippen molar-refractivity contribution in [3.05, 3.63) is 16.1 Å². The van der Waals surface area contributed by atoms with Crippen molar-refractivity contribution in [2.24, 2.45) is 5.73 Å². The van der Waals surface area contributed by atoms with Crippen LogP contribution in [0.2, 0.25) is 0 Å². The average molecular weight is 282 g/mol. The molecule has 1 aliphatic heterocycles. The van der Waals surface area contributed by atoms with Crippen molar-refractivity contribution in [3.63, 3.8) is 0 Å². The molecule has 6 heteroatoms. The summed E-state index contributed by atoms with van der Waals surface area (Å²) in [5, 5.41) is 3.22. The lowest BCUT2D eigenvalue weighted by Gasteiger charge is -2.35. The van der Waals surface area contributed by atoms with Crippen LogP contribution in [-0.2, 0) is 11.3 Å². The van der Waals surface area contributed by atoms with Crippen LogP contribution >= 0.6 is 11.3 Å². The van der Waals surface area contributed by atoms with Crippen molar-refractivity contribution in [2.45, 2.75) is 32.9 Å². The zero-order chi connectivity index (χ0) is 13.8. The Balaban J connectivity index is 1.81. The molecule has 19 heavy (non-hydrogen) atoms. The summed E-state index contributed by atoms with van der Waals surface area (Å²) in [5.41, 5.74) is 6.93. The number of nitrogens with two attached hydrogens (primary N) is 1. The highest BCUT2D eigenvalue weighted by molar-refractivity contribution is 7.09. The lowest BCUT2D eigenvalue weighted by atomic mass is 10.2. The Kier molecular flexibility index (Phi) is 4.90. The molecule has 1 saturated heterocycles. The molecule has 106 valence electrons. The first-order chi connectivity index (χ1) is 9.10. The summed E-state index contributed by atoms with van der Waals surface area (Å²) in [7, 11) is 0. The molecule has 0 spiro atoms. The van der Waals surface area contributed by atoms with E-state index in [2.05, 4.69) is 15.3 Å². The number of piperazine rings is 1. The van der Waals surface area contributed by atoms with E-state index in [9.17, 15) is 4.79 Å². The van der Waals surface area contributed by atoms with Gasteiger partial charge >= 0.3 is 0 Å². The van der Waals surface area contributed by atoms with Crippen LogP contribution in [-0.4, -0.2) is 52.9 Å². The highest BCUT2D eigenvalue weighted by Gasteiger charge is 2.24. The molecule has 2 heterocycles. The predicted octanol–water partition coefficient (Wildman–Crippen LogP) is 0.833. The molecule has 5 nitrogen and oxygen atoms in total. The van der Waals surface area contributed by atoms with E-state index in [4.69, 9.17) is 5.73 Å². The van der Waals surface area contributed by atoms with E-state index in [0.717, 1.165) is 43.4 Å². The minimum Gasteiger partial charge on any atom is -0.339 e. The van der Waals surface area contributed by atoms with Crippen molar-refractivity contribution in [2.75, 3.05) is 26.2 Å². The maximum absolute atomic E-state index is 12.0. The van der Waals surface area contributed by atoms with E-state index >= 15 is 0 Å². The summed E-state index contributed by atoms with van der Waals surface area (Å²) in [4.78, 5) is 20.7. The third-order valence-corrected chi connectivity index (χ3v) is 4.32. The third kappa shape index (κ3) is 3.75. The number of aromatic nitrogens is 1. The first-order valence-corrected chi connectivity index (χ1v) is 7.66. The van der Waals surface area contributed by atoms with Crippen molar-refractivity contribution in [3.8, 4) is 0 Å². The van der Waals surface area contributed by atoms with E-state index in [1.807, 2.05) is 18.7 Å². The largest absolute Gasteiger partial charge is 0.339 e. The smallest absolute Gasteiger partial charge is 0.239 e. The van der Waals surface area contributed by atoms with E-state index in [1.54, 1.807) is 11.3 Å². The summed E-state index contributed by atoms with van der Waals surface area (Å²) in [6.45, 7) is 8.20. The Hall–Kier alpha value is -0.980. The van der Waals surface area contributed by atoms with Crippen LogP contribution in [0.1, 0.15) is 24.0 Å². The highest BCUT2D eigenvalue weighted by Crippen LogP contribution is 2.12. The van der Waals surface area contributed by atoms with Crippen molar-refractivity contribution in [1.29, 1.82) is 0 Å². The van der Waals surface area contributed by atoms with E-state index in [0.29, 0.717) is 6.42 Å². The number of aryl methyl sites for hydroxylation is 1. The lowest BCUT2D eigenvalue weighted by molar-refractivity contribution is -0.134. The molecule has 2 N–H and O–H groups in total. The summed E-state index contributed by atoms with van der Waals surface area (Å²) >= 11 is 1.69. The van der Waals surface area contributed by atoms with Crippen LogP contribution in [0.5, 0.6) is 0 Å². The lowest BCUT2D eigenvalue weighted by Crippen LogP contribution is -2.52. The van der Waals surface area contributed by atoms with E-state index in [1.165, 1.54) is 0 Å². The maximum Gasteiger partial charge on any atom is 0.239 e. The molecule has 2 rings (SSSR count). The van der Waals surface area contributed by atoms with Gasteiger partial charge in [-0.1, -0.05) is 6.92 Å². The Morgan fingerprint density at radius 3 is 2.68 bits per heavy atom. The third-order valence-electron chi connectivity index (χ3n) is 3.49. The topological polar surface area (TPSA) is 62.5 Å². The zero-order valence-electron chi connectivity index (χ0n) is 11.6. The minimum absolute atomic E-state index is 0.0895. The molecular formula is C13H22N4OS. The number of amides is 1. The second-order valence-electron chi connectivity index (χ2n) is 4.97. The monoisotopic (exact) mass is 282 g/mol. The molecule has 0 aromatic carbocycles. The van der Waals surface area contributed by atoms with Gasteiger partial charge < -0.3 is 10.6 Å². The van der Waals surface area contributed by atoms with Crippen LogP contribution in [0.25, 0.3) is 0 Å². The zero-order valence-corrected chi connectivity index (χ0v) is 12.4. The number of carbonyl (C=O) groups is 1. The first kappa shape index (κ1) is 14.4. The Bertz CT molecular complexity index is 426. The molecule has 1 unspecified atom stereocenters. The fourth-order valence-electron chi connectivity index (χ4n) is 2.25. The van der Waals surface area contributed by atoms with Crippen molar-refractivity contribution < 1.29 is 4.79 Å². The van der Waals surface area contributed by atoms with Crippen LogP contribution in [0.4, 0.5) is 0 Å². The maximum atomic E-state index is 12.0. The molecular weight excluding hydrogens is 260 g/mol. The average Bonchev–Trinajstić information content (AvgIpc) is 2.83. The molecule has 1 amide bonds. The van der Waals surface area contributed by atoms with Gasteiger partial charge in [-0.3, -0.25) is 9.69 Å². The van der Waals surface area contributed by atoms with Crippen LogP contribution in [0.15, 0.2) is 5.38 Å². The summed E-state index contributed by atoms with van der Waals surface area (Å²) in [5.74, 6) is 0.0895. The second kappa shape index (κ2) is 6.45. The van der Waals surface area contributed by atoms with Crippen molar-refractivity contribution in [1.82, 2.24) is 14.8 Å². The summed E-state index contributed by atoms with van der Waals surface area (Å²) in [6.07, 6.45) is 0.706. The quantitative estimate of drug-likeness (QED) is 0.888. The molecule has 1 aliphatic rings. The molecule has 0 bridgehead atoms. The van der Waals surface area contributed by atoms with Crippen LogP contribution in [0, 0.1) is 6.92 Å². The molecule has 1 fully saturated rings. The summed E-state index contributed by atoms with van der Waals surface area (Å²) < 4.78 is 0. The van der Waals surface area contributed by atoms with Gasteiger partial charge in [0.25, 0.3) is 0 Å². The second-order valence-corrected chi connectivity index (χ2v) is 6.04. The normalized spacial score (nSPS) is 18.6. The minimum atomic E-state index is -0.340. The van der Waals surface area contributed by atoms with Gasteiger partial charge in [0, 0.05) is 38.1 Å². The standard InChI is InChI=1S/C13H22N4OS/c1-3-12(14)13(18)17-6-4-16(5-7-17)8-11-9-19-10(2)15-11/h9,12H,3-8,14H2,1-2H3. The van der Waals surface area contributed by atoms with Gasteiger partial charge in [0.15, 0.2) is 0 Å². The van der Waals surface area contributed by atoms with Gasteiger partial charge in [0.2, 0.25) is 5.91 Å².